The second-order valence-electron chi connectivity index (χ2n) is 4.43. The van der Waals surface area contributed by atoms with Gasteiger partial charge in [-0.25, -0.2) is 0 Å². The molecule has 1 rings (SSSR count). The number of amides is 1. The lowest BCUT2D eigenvalue weighted by Gasteiger charge is -2.15. The first kappa shape index (κ1) is 15.5. The number of rotatable bonds is 8. The monoisotopic (exact) mass is 266 g/mol. The van der Waals surface area contributed by atoms with Gasteiger partial charge in [0.2, 0.25) is 5.91 Å². The molecule has 0 bridgehead atoms. The summed E-state index contributed by atoms with van der Waals surface area (Å²) in [7, 11) is 0. The molecule has 3 N–H and O–H groups in total. The largest absolute Gasteiger partial charge is 0.491 e. The van der Waals surface area contributed by atoms with Gasteiger partial charge in [0.15, 0.2) is 0 Å². The van der Waals surface area contributed by atoms with Gasteiger partial charge in [-0.2, -0.15) is 0 Å². The van der Waals surface area contributed by atoms with E-state index in [4.69, 9.17) is 15.2 Å². The molecule has 0 heterocycles. The van der Waals surface area contributed by atoms with E-state index >= 15 is 0 Å². The van der Waals surface area contributed by atoms with Crippen LogP contribution in [0.5, 0.6) is 5.75 Å². The third-order valence-corrected chi connectivity index (χ3v) is 2.42. The van der Waals surface area contributed by atoms with Gasteiger partial charge in [0.25, 0.3) is 0 Å². The molecule has 0 aliphatic heterocycles. The summed E-state index contributed by atoms with van der Waals surface area (Å²) in [5.41, 5.74) is 6.45. The first-order valence-corrected chi connectivity index (χ1v) is 6.38. The smallest absolute Gasteiger partial charge is 0.246 e. The topological polar surface area (TPSA) is 73.6 Å². The van der Waals surface area contributed by atoms with E-state index in [9.17, 15) is 4.79 Å². The molecule has 1 atom stereocenters. The maximum atomic E-state index is 11.5. The molecule has 0 radical (unpaired) electrons. The highest BCUT2D eigenvalue weighted by Crippen LogP contribution is 2.11. The van der Waals surface area contributed by atoms with Crippen LogP contribution in [0.2, 0.25) is 0 Å². The molecule has 5 nitrogen and oxygen atoms in total. The van der Waals surface area contributed by atoms with Crippen molar-refractivity contribution in [3.8, 4) is 5.75 Å². The Morgan fingerprint density at radius 3 is 2.68 bits per heavy atom. The lowest BCUT2D eigenvalue weighted by molar-refractivity contribution is -0.126. The van der Waals surface area contributed by atoms with Gasteiger partial charge in [-0.05, 0) is 26.0 Å². The fourth-order valence-electron chi connectivity index (χ4n) is 1.46. The molecule has 0 saturated heterocycles. The average Bonchev–Trinajstić information content (AvgIpc) is 2.38. The van der Waals surface area contributed by atoms with Crippen LogP contribution in [0, 0.1) is 6.92 Å². The van der Waals surface area contributed by atoms with Crippen LogP contribution in [0.15, 0.2) is 24.3 Å². The quantitative estimate of drug-likeness (QED) is 0.684. The number of benzene rings is 1. The minimum absolute atomic E-state index is 0.0338. The van der Waals surface area contributed by atoms with Crippen molar-refractivity contribution >= 4 is 5.91 Å². The second-order valence-corrected chi connectivity index (χ2v) is 4.43. The van der Waals surface area contributed by atoms with E-state index in [-0.39, 0.29) is 18.6 Å². The molecular weight excluding hydrogens is 244 g/mol. The zero-order valence-corrected chi connectivity index (χ0v) is 11.5. The van der Waals surface area contributed by atoms with E-state index in [1.54, 1.807) is 0 Å². The summed E-state index contributed by atoms with van der Waals surface area (Å²) in [6.07, 6.45) is 0. The standard InChI is InChI=1S/C14H22N2O3/c1-11-3-5-13(6-4-11)19-9-12(2)16-14(17)10-18-8-7-15/h3-6,12H,7-10,15H2,1-2H3,(H,16,17). The number of nitrogens with one attached hydrogen (secondary N) is 1. The second kappa shape index (κ2) is 8.50. The Morgan fingerprint density at radius 1 is 1.37 bits per heavy atom. The Balaban J connectivity index is 2.21. The summed E-state index contributed by atoms with van der Waals surface area (Å²) in [4.78, 5) is 11.5. The number of carbonyl (C=O) groups excluding carboxylic acids is 1. The summed E-state index contributed by atoms with van der Waals surface area (Å²) in [6, 6.07) is 7.72. The number of hydrogen-bond acceptors (Lipinski definition) is 4. The highest BCUT2D eigenvalue weighted by molar-refractivity contribution is 5.77. The van der Waals surface area contributed by atoms with Crippen LogP contribution in [0.25, 0.3) is 0 Å². The summed E-state index contributed by atoms with van der Waals surface area (Å²) in [5.74, 6) is 0.638. The van der Waals surface area contributed by atoms with Crippen LogP contribution in [0.1, 0.15) is 12.5 Å². The molecular formula is C14H22N2O3. The number of carbonyl (C=O) groups is 1. The SMILES string of the molecule is Cc1ccc(OCC(C)NC(=O)COCCN)cc1. The molecule has 1 aromatic rings. The summed E-state index contributed by atoms with van der Waals surface area (Å²) in [6.45, 7) is 5.17. The van der Waals surface area contributed by atoms with Gasteiger partial charge in [0.05, 0.1) is 12.6 Å². The first-order chi connectivity index (χ1) is 9.11. The summed E-state index contributed by atoms with van der Waals surface area (Å²) < 4.78 is 10.6. The van der Waals surface area contributed by atoms with Gasteiger partial charge < -0.3 is 20.5 Å². The molecule has 0 spiro atoms. The zero-order chi connectivity index (χ0) is 14.1. The number of hydrogen-bond donors (Lipinski definition) is 2. The van der Waals surface area contributed by atoms with Gasteiger partial charge in [0.1, 0.15) is 19.0 Å². The van der Waals surface area contributed by atoms with Crippen molar-refractivity contribution in [2.45, 2.75) is 19.9 Å². The molecule has 5 heteroatoms. The minimum atomic E-state index is -0.159. The van der Waals surface area contributed by atoms with Gasteiger partial charge in [-0.1, -0.05) is 17.7 Å². The highest BCUT2D eigenvalue weighted by Gasteiger charge is 2.08. The minimum Gasteiger partial charge on any atom is -0.491 e. The Hall–Kier alpha value is -1.59. The Kier molecular flexibility index (Phi) is 6.92. The lowest BCUT2D eigenvalue weighted by atomic mass is 10.2. The van der Waals surface area contributed by atoms with E-state index in [1.807, 2.05) is 38.1 Å². The molecule has 1 unspecified atom stereocenters. The third-order valence-electron chi connectivity index (χ3n) is 2.42. The third kappa shape index (κ3) is 6.79. The predicted octanol–water partition coefficient (Wildman–Crippen LogP) is 0.854. The van der Waals surface area contributed by atoms with Crippen molar-refractivity contribution in [3.05, 3.63) is 29.8 Å². The van der Waals surface area contributed by atoms with E-state index in [0.717, 1.165) is 5.75 Å². The van der Waals surface area contributed by atoms with Crippen LogP contribution in [-0.2, 0) is 9.53 Å². The molecule has 106 valence electrons. The van der Waals surface area contributed by atoms with Crippen LogP contribution in [0.4, 0.5) is 0 Å². The Morgan fingerprint density at radius 2 is 2.05 bits per heavy atom. The Bertz CT molecular complexity index is 379. The van der Waals surface area contributed by atoms with Crippen molar-refractivity contribution in [1.82, 2.24) is 5.32 Å². The predicted molar refractivity (Wildman–Crippen MR) is 74.2 cm³/mol. The van der Waals surface area contributed by atoms with Crippen molar-refractivity contribution < 1.29 is 14.3 Å². The van der Waals surface area contributed by atoms with Crippen molar-refractivity contribution in [2.75, 3.05) is 26.4 Å². The number of nitrogens with two attached hydrogens (primary N) is 1. The molecule has 1 amide bonds. The molecule has 0 aromatic heterocycles. The first-order valence-electron chi connectivity index (χ1n) is 6.38. The average molecular weight is 266 g/mol. The normalized spacial score (nSPS) is 11.9. The van der Waals surface area contributed by atoms with Crippen LogP contribution >= 0.6 is 0 Å². The molecule has 1 aromatic carbocycles. The van der Waals surface area contributed by atoms with Gasteiger partial charge in [0, 0.05) is 6.54 Å². The fourth-order valence-corrected chi connectivity index (χ4v) is 1.46. The van der Waals surface area contributed by atoms with E-state index < -0.39 is 0 Å². The van der Waals surface area contributed by atoms with E-state index in [2.05, 4.69) is 5.32 Å². The molecule has 0 saturated carbocycles. The maximum Gasteiger partial charge on any atom is 0.246 e. The van der Waals surface area contributed by atoms with E-state index in [0.29, 0.717) is 19.8 Å². The number of ether oxygens (including phenoxy) is 2. The lowest BCUT2D eigenvalue weighted by Crippen LogP contribution is -2.39. The Labute approximate surface area is 114 Å². The highest BCUT2D eigenvalue weighted by atomic mass is 16.5. The van der Waals surface area contributed by atoms with Crippen molar-refractivity contribution in [3.63, 3.8) is 0 Å². The summed E-state index contributed by atoms with van der Waals surface area (Å²) >= 11 is 0. The summed E-state index contributed by atoms with van der Waals surface area (Å²) in [5, 5.41) is 2.79. The molecule has 19 heavy (non-hydrogen) atoms. The zero-order valence-electron chi connectivity index (χ0n) is 11.5. The van der Waals surface area contributed by atoms with E-state index in [1.165, 1.54) is 5.56 Å². The van der Waals surface area contributed by atoms with Crippen molar-refractivity contribution in [1.29, 1.82) is 0 Å². The van der Waals surface area contributed by atoms with Crippen molar-refractivity contribution in [2.24, 2.45) is 5.73 Å². The molecule has 0 fully saturated rings. The number of aryl methyl sites for hydroxylation is 1. The fraction of sp³-hybridized carbons (Fsp3) is 0.500. The maximum absolute atomic E-state index is 11.5. The van der Waals surface area contributed by atoms with Crippen LogP contribution < -0.4 is 15.8 Å². The van der Waals surface area contributed by atoms with Gasteiger partial charge in [-0.15, -0.1) is 0 Å². The molecule has 0 aliphatic rings. The van der Waals surface area contributed by atoms with Crippen LogP contribution in [0.3, 0.4) is 0 Å². The molecule has 0 aliphatic carbocycles. The van der Waals surface area contributed by atoms with Gasteiger partial charge >= 0.3 is 0 Å². The van der Waals surface area contributed by atoms with Gasteiger partial charge in [-0.3, -0.25) is 4.79 Å². The van der Waals surface area contributed by atoms with Crippen LogP contribution in [-0.4, -0.2) is 38.3 Å².